The van der Waals surface area contributed by atoms with Crippen LogP contribution in [0.1, 0.15) is 11.4 Å². The highest BCUT2D eigenvalue weighted by atomic mass is 79.9. The zero-order valence-electron chi connectivity index (χ0n) is 9.11. The second-order valence-electron chi connectivity index (χ2n) is 3.51. The Labute approximate surface area is 102 Å². The van der Waals surface area contributed by atoms with Gasteiger partial charge in [-0.25, -0.2) is 0 Å². The molecule has 0 bridgehead atoms. The Morgan fingerprint density at radius 2 is 2.25 bits per heavy atom. The van der Waals surface area contributed by atoms with Crippen molar-refractivity contribution in [3.05, 3.63) is 34.1 Å². The van der Waals surface area contributed by atoms with Crippen molar-refractivity contribution in [1.82, 2.24) is 20.2 Å². The second-order valence-corrected chi connectivity index (χ2v) is 4.42. The quantitative estimate of drug-likeness (QED) is 0.934. The van der Waals surface area contributed by atoms with Gasteiger partial charge in [0.1, 0.15) is 0 Å². The number of aryl methyl sites for hydroxylation is 2. The van der Waals surface area contributed by atoms with Gasteiger partial charge >= 0.3 is 0 Å². The maximum atomic E-state index is 4.10. The molecular weight excluding hydrogens is 270 g/mol. The van der Waals surface area contributed by atoms with Crippen LogP contribution in [0.4, 0.5) is 5.69 Å². The first-order chi connectivity index (χ1) is 7.65. The van der Waals surface area contributed by atoms with E-state index >= 15 is 0 Å². The molecule has 0 spiro atoms. The Bertz CT molecular complexity index is 494. The summed E-state index contributed by atoms with van der Waals surface area (Å²) in [7, 11) is 1.75. The summed E-state index contributed by atoms with van der Waals surface area (Å²) in [6, 6.07) is 6.10. The molecule has 0 aliphatic heterocycles. The van der Waals surface area contributed by atoms with Gasteiger partial charge in [0.05, 0.1) is 13.6 Å². The predicted molar refractivity (Wildman–Crippen MR) is 65.0 cm³/mol. The third-order valence-electron chi connectivity index (χ3n) is 2.19. The molecule has 0 radical (unpaired) electrons. The second kappa shape index (κ2) is 4.61. The minimum absolute atomic E-state index is 0.575. The van der Waals surface area contributed by atoms with Gasteiger partial charge in [0, 0.05) is 10.2 Å². The van der Waals surface area contributed by atoms with E-state index < -0.39 is 0 Å². The van der Waals surface area contributed by atoms with Gasteiger partial charge in [0.25, 0.3) is 0 Å². The average molecular weight is 282 g/mol. The van der Waals surface area contributed by atoms with Gasteiger partial charge < -0.3 is 5.32 Å². The zero-order chi connectivity index (χ0) is 11.5. The Morgan fingerprint density at radius 3 is 2.94 bits per heavy atom. The van der Waals surface area contributed by atoms with E-state index in [0.717, 1.165) is 10.2 Å². The smallest absolute Gasteiger partial charge is 0.193 e. The lowest BCUT2D eigenvalue weighted by molar-refractivity contribution is 0.628. The highest BCUT2D eigenvalue weighted by Gasteiger charge is 2.02. The van der Waals surface area contributed by atoms with Crippen molar-refractivity contribution in [3.63, 3.8) is 0 Å². The van der Waals surface area contributed by atoms with Crippen LogP contribution in [0.2, 0.25) is 0 Å². The van der Waals surface area contributed by atoms with Crippen LogP contribution in [0, 0.1) is 6.92 Å². The normalized spacial score (nSPS) is 10.4. The molecule has 84 valence electrons. The molecule has 6 heteroatoms. The lowest BCUT2D eigenvalue weighted by Gasteiger charge is -2.07. The minimum Gasteiger partial charge on any atom is -0.377 e. The van der Waals surface area contributed by atoms with E-state index in [0.29, 0.717) is 12.4 Å². The van der Waals surface area contributed by atoms with Crippen LogP contribution in [-0.2, 0) is 13.6 Å². The lowest BCUT2D eigenvalue weighted by atomic mass is 10.2. The van der Waals surface area contributed by atoms with Crippen molar-refractivity contribution in [1.29, 1.82) is 0 Å². The number of hydrogen-bond donors (Lipinski definition) is 1. The third kappa shape index (κ3) is 2.57. The maximum absolute atomic E-state index is 4.10. The summed E-state index contributed by atoms with van der Waals surface area (Å²) in [6.45, 7) is 2.63. The van der Waals surface area contributed by atoms with Gasteiger partial charge in [-0.3, -0.25) is 0 Å². The first kappa shape index (κ1) is 11.1. The molecule has 0 saturated carbocycles. The summed E-state index contributed by atoms with van der Waals surface area (Å²) >= 11 is 3.44. The fourth-order valence-electron chi connectivity index (χ4n) is 1.35. The highest BCUT2D eigenvalue weighted by molar-refractivity contribution is 9.10. The molecule has 1 N–H and O–H groups in total. The molecule has 0 aliphatic rings. The van der Waals surface area contributed by atoms with Gasteiger partial charge in [0.2, 0.25) is 0 Å². The molecule has 1 heterocycles. The predicted octanol–water partition coefficient (Wildman–Crippen LogP) is 1.89. The van der Waals surface area contributed by atoms with Crippen LogP contribution in [0.15, 0.2) is 22.7 Å². The van der Waals surface area contributed by atoms with Crippen LogP contribution in [0.5, 0.6) is 0 Å². The summed E-state index contributed by atoms with van der Waals surface area (Å²) < 4.78 is 1.05. The number of aromatic nitrogens is 4. The summed E-state index contributed by atoms with van der Waals surface area (Å²) in [5.74, 6) is 0.682. The Hall–Kier alpha value is -1.43. The number of nitrogens with one attached hydrogen (secondary N) is 1. The van der Waals surface area contributed by atoms with Crippen molar-refractivity contribution >= 4 is 21.6 Å². The van der Waals surface area contributed by atoms with Gasteiger partial charge in [0.15, 0.2) is 5.82 Å². The summed E-state index contributed by atoms with van der Waals surface area (Å²) in [6.07, 6.45) is 0. The molecule has 0 fully saturated rings. The topological polar surface area (TPSA) is 55.6 Å². The van der Waals surface area contributed by atoms with Crippen LogP contribution in [0.25, 0.3) is 0 Å². The van der Waals surface area contributed by atoms with E-state index in [-0.39, 0.29) is 0 Å². The van der Waals surface area contributed by atoms with E-state index in [1.807, 2.05) is 12.1 Å². The molecule has 0 saturated heterocycles. The van der Waals surface area contributed by atoms with Gasteiger partial charge in [-0.2, -0.15) is 4.80 Å². The lowest BCUT2D eigenvalue weighted by Crippen LogP contribution is -2.03. The molecule has 0 unspecified atom stereocenters. The van der Waals surface area contributed by atoms with Gasteiger partial charge in [-0.1, -0.05) is 22.0 Å². The Kier molecular flexibility index (Phi) is 3.19. The number of nitrogens with zero attached hydrogens (tertiary/aromatic N) is 4. The molecule has 2 aromatic rings. The van der Waals surface area contributed by atoms with Crippen LogP contribution < -0.4 is 5.32 Å². The Morgan fingerprint density at radius 1 is 1.44 bits per heavy atom. The number of rotatable bonds is 3. The third-order valence-corrected chi connectivity index (χ3v) is 2.68. The summed E-state index contributed by atoms with van der Waals surface area (Å²) in [4.78, 5) is 1.45. The Balaban J connectivity index is 2.07. The van der Waals surface area contributed by atoms with Gasteiger partial charge in [-0.15, -0.1) is 10.2 Å². The zero-order valence-corrected chi connectivity index (χ0v) is 10.7. The van der Waals surface area contributed by atoms with E-state index in [4.69, 9.17) is 0 Å². The molecule has 1 aromatic carbocycles. The van der Waals surface area contributed by atoms with Crippen molar-refractivity contribution in [2.45, 2.75) is 13.5 Å². The molecule has 1 aromatic heterocycles. The van der Waals surface area contributed by atoms with Gasteiger partial charge in [-0.05, 0) is 29.8 Å². The number of halogens is 1. The molecule has 0 atom stereocenters. The van der Waals surface area contributed by atoms with Crippen LogP contribution >= 0.6 is 15.9 Å². The van der Waals surface area contributed by atoms with E-state index in [2.05, 4.69) is 49.6 Å². The standard InChI is InChI=1S/C10H12BrN5/c1-7-3-4-8(11)5-9(7)12-6-10-13-15-16(2)14-10/h3-5,12H,6H2,1-2H3. The van der Waals surface area contributed by atoms with E-state index in [1.54, 1.807) is 7.05 Å². The first-order valence-corrected chi connectivity index (χ1v) is 5.67. The molecular formula is C10H12BrN5. The number of anilines is 1. The minimum atomic E-state index is 0.575. The monoisotopic (exact) mass is 281 g/mol. The fraction of sp³-hybridized carbons (Fsp3) is 0.300. The number of tetrazole rings is 1. The molecule has 0 aliphatic carbocycles. The summed E-state index contributed by atoms with van der Waals surface area (Å²) in [5, 5.41) is 15.1. The van der Waals surface area contributed by atoms with Crippen molar-refractivity contribution in [2.24, 2.45) is 7.05 Å². The highest BCUT2D eigenvalue weighted by Crippen LogP contribution is 2.20. The SMILES string of the molecule is Cc1ccc(Br)cc1NCc1nnn(C)n1. The van der Waals surface area contributed by atoms with Crippen molar-refractivity contribution in [3.8, 4) is 0 Å². The maximum Gasteiger partial charge on any atom is 0.193 e. The fourth-order valence-corrected chi connectivity index (χ4v) is 1.71. The molecule has 16 heavy (non-hydrogen) atoms. The molecule has 2 rings (SSSR count). The molecule has 0 amide bonds. The van der Waals surface area contributed by atoms with E-state index in [1.165, 1.54) is 10.4 Å². The van der Waals surface area contributed by atoms with Crippen molar-refractivity contribution in [2.75, 3.05) is 5.32 Å². The van der Waals surface area contributed by atoms with Crippen LogP contribution in [-0.4, -0.2) is 20.2 Å². The average Bonchev–Trinajstić information content (AvgIpc) is 2.66. The number of benzene rings is 1. The summed E-state index contributed by atoms with van der Waals surface area (Å²) in [5.41, 5.74) is 2.26. The van der Waals surface area contributed by atoms with E-state index in [9.17, 15) is 0 Å². The first-order valence-electron chi connectivity index (χ1n) is 4.88. The van der Waals surface area contributed by atoms with Crippen molar-refractivity contribution < 1.29 is 0 Å². The largest absolute Gasteiger partial charge is 0.377 e. The van der Waals surface area contributed by atoms with Crippen LogP contribution in [0.3, 0.4) is 0 Å². The molecule has 5 nitrogen and oxygen atoms in total. The number of hydrogen-bond acceptors (Lipinski definition) is 4.